The van der Waals surface area contributed by atoms with Crippen LogP contribution in [0.3, 0.4) is 0 Å². The fourth-order valence-electron chi connectivity index (χ4n) is 3.34. The second-order valence-corrected chi connectivity index (χ2v) is 5.53. The molecule has 2 fully saturated rings. The third kappa shape index (κ3) is 2.95. The van der Waals surface area contributed by atoms with E-state index in [0.717, 1.165) is 6.61 Å². The lowest BCUT2D eigenvalue weighted by Gasteiger charge is -2.46. The molecule has 3 heteroatoms. The maximum Gasteiger partial charge on any atom is 0.132 e. The van der Waals surface area contributed by atoms with Crippen molar-refractivity contribution in [1.29, 1.82) is 0 Å². The van der Waals surface area contributed by atoms with Gasteiger partial charge in [-0.05, 0) is 24.8 Å². The number of halogens is 1. The topological polar surface area (TPSA) is 9.23 Å². The van der Waals surface area contributed by atoms with Crippen molar-refractivity contribution >= 4 is 0 Å². The summed E-state index contributed by atoms with van der Waals surface area (Å²) in [7, 11) is 0. The summed E-state index contributed by atoms with van der Waals surface area (Å²) in [4.78, 5) is 0. The zero-order chi connectivity index (χ0) is 11.6. The van der Waals surface area contributed by atoms with E-state index in [1.807, 2.05) is 0 Å². The van der Waals surface area contributed by atoms with E-state index in [9.17, 15) is 0 Å². The molecule has 0 aromatic heterocycles. The lowest BCUT2D eigenvalue weighted by molar-refractivity contribution is -0.943. The average molecular weight is 312 g/mol. The van der Waals surface area contributed by atoms with Crippen molar-refractivity contribution in [3.8, 4) is 0 Å². The lowest BCUT2D eigenvalue weighted by Crippen LogP contribution is -3.00. The molecule has 2 aliphatic rings. The van der Waals surface area contributed by atoms with E-state index < -0.39 is 0 Å². The number of nitrogens with zero attached hydrogens (tertiary/aromatic N) is 1. The number of morpholine rings is 1. The first kappa shape index (κ1) is 14.0. The van der Waals surface area contributed by atoms with Gasteiger partial charge in [-0.25, -0.2) is 0 Å². The zero-order valence-electron chi connectivity index (χ0n) is 10.9. The number of quaternary nitrogens is 1. The quantitative estimate of drug-likeness (QED) is 0.651. The van der Waals surface area contributed by atoms with Gasteiger partial charge >= 0.3 is 0 Å². The van der Waals surface area contributed by atoms with Crippen molar-refractivity contribution in [3.63, 3.8) is 0 Å². The minimum atomic E-state index is 0. The Hall–Kier alpha value is -0.380. The summed E-state index contributed by atoms with van der Waals surface area (Å²) >= 11 is 0. The molecule has 1 aromatic carbocycles. The Morgan fingerprint density at radius 3 is 2.39 bits per heavy atom. The van der Waals surface area contributed by atoms with Crippen molar-refractivity contribution < 1.29 is 26.2 Å². The largest absolute Gasteiger partial charge is 1.00 e. The summed E-state index contributed by atoms with van der Waals surface area (Å²) in [6.07, 6.45) is 4.56. The first-order valence-corrected chi connectivity index (χ1v) is 6.90. The van der Waals surface area contributed by atoms with Gasteiger partial charge in [0.15, 0.2) is 0 Å². The number of piperidine rings is 1. The highest BCUT2D eigenvalue weighted by molar-refractivity contribution is 5.17. The molecule has 2 nitrogen and oxygen atoms in total. The summed E-state index contributed by atoms with van der Waals surface area (Å²) in [6, 6.07) is 10.7. The van der Waals surface area contributed by atoms with Crippen LogP contribution in [0.15, 0.2) is 30.3 Å². The van der Waals surface area contributed by atoms with Crippen LogP contribution in [-0.2, 0) is 4.74 Å². The monoisotopic (exact) mass is 311 g/mol. The summed E-state index contributed by atoms with van der Waals surface area (Å²) in [6.45, 7) is 6.08. The summed E-state index contributed by atoms with van der Waals surface area (Å²) in [5.74, 6) is 0. The van der Waals surface area contributed by atoms with E-state index in [2.05, 4.69) is 30.3 Å². The number of rotatable bonds is 1. The molecule has 0 N–H and O–H groups in total. The Bertz CT molecular complexity index is 357. The van der Waals surface area contributed by atoms with Gasteiger partial charge in [0, 0.05) is 0 Å². The standard InChI is InChI=1S/C15H22NO.BrH/c1-3-7-14(8-4-1)15-13-16(11-12-17-15)9-5-2-6-10-16;/h1,3-4,7-8,15H,2,5-6,9-13H2;1H/q+1;/p-1. The van der Waals surface area contributed by atoms with Crippen LogP contribution in [-0.4, -0.2) is 37.3 Å². The maximum absolute atomic E-state index is 5.98. The highest BCUT2D eigenvalue weighted by Crippen LogP contribution is 2.30. The molecule has 1 unspecified atom stereocenters. The molecular formula is C15H22BrNO. The van der Waals surface area contributed by atoms with Crippen LogP contribution >= 0.6 is 0 Å². The molecule has 3 rings (SSSR count). The van der Waals surface area contributed by atoms with Crippen LogP contribution < -0.4 is 17.0 Å². The number of ether oxygens (including phenoxy) is 1. The summed E-state index contributed by atoms with van der Waals surface area (Å²) < 4.78 is 7.28. The van der Waals surface area contributed by atoms with E-state index in [4.69, 9.17) is 4.74 Å². The molecular weight excluding hydrogens is 290 g/mol. The molecule has 2 saturated heterocycles. The van der Waals surface area contributed by atoms with Gasteiger partial charge in [0.2, 0.25) is 0 Å². The van der Waals surface area contributed by atoms with E-state index in [1.54, 1.807) is 0 Å². The Labute approximate surface area is 120 Å². The van der Waals surface area contributed by atoms with Gasteiger partial charge in [-0.1, -0.05) is 30.3 Å². The Kier molecular flexibility index (Phi) is 4.82. The van der Waals surface area contributed by atoms with E-state index in [1.165, 1.54) is 55.5 Å². The Morgan fingerprint density at radius 1 is 0.944 bits per heavy atom. The van der Waals surface area contributed by atoms with Gasteiger partial charge < -0.3 is 26.2 Å². The van der Waals surface area contributed by atoms with Crippen molar-refractivity contribution in [2.45, 2.75) is 25.4 Å². The molecule has 100 valence electrons. The highest BCUT2D eigenvalue weighted by atomic mass is 79.9. The number of hydrogen-bond donors (Lipinski definition) is 0. The SMILES string of the molecule is [Br-].c1ccc(C2C[N+]3(CCCCC3)CCO2)cc1. The maximum atomic E-state index is 5.98. The fraction of sp³-hybridized carbons (Fsp3) is 0.600. The second kappa shape index (κ2) is 6.18. The molecule has 1 atom stereocenters. The highest BCUT2D eigenvalue weighted by Gasteiger charge is 2.37. The van der Waals surface area contributed by atoms with Crippen LogP contribution in [0.4, 0.5) is 0 Å². The third-order valence-electron chi connectivity index (χ3n) is 4.37. The fourth-order valence-corrected chi connectivity index (χ4v) is 3.34. The summed E-state index contributed by atoms with van der Waals surface area (Å²) in [5.41, 5.74) is 1.36. The van der Waals surface area contributed by atoms with Gasteiger partial charge in [0.05, 0.1) is 19.7 Å². The molecule has 1 spiro atoms. The molecule has 2 aliphatic heterocycles. The smallest absolute Gasteiger partial charge is 0.132 e. The second-order valence-electron chi connectivity index (χ2n) is 5.53. The van der Waals surface area contributed by atoms with Gasteiger partial charge in [0.25, 0.3) is 0 Å². The van der Waals surface area contributed by atoms with Crippen LogP contribution in [0.1, 0.15) is 30.9 Å². The van der Waals surface area contributed by atoms with E-state index in [0.29, 0.717) is 6.10 Å². The van der Waals surface area contributed by atoms with Crippen LogP contribution in [0.25, 0.3) is 0 Å². The minimum absolute atomic E-state index is 0. The third-order valence-corrected chi connectivity index (χ3v) is 4.37. The predicted octanol–water partition coefficient (Wildman–Crippen LogP) is -0.237. The zero-order valence-corrected chi connectivity index (χ0v) is 12.4. The van der Waals surface area contributed by atoms with Gasteiger partial charge in [-0.3, -0.25) is 0 Å². The van der Waals surface area contributed by atoms with Crippen molar-refractivity contribution in [2.75, 3.05) is 32.8 Å². The molecule has 2 heterocycles. The molecule has 1 aromatic rings. The average Bonchev–Trinajstić information content (AvgIpc) is 2.41. The molecule has 0 bridgehead atoms. The van der Waals surface area contributed by atoms with E-state index in [-0.39, 0.29) is 17.0 Å². The van der Waals surface area contributed by atoms with Gasteiger partial charge in [-0.15, -0.1) is 0 Å². The van der Waals surface area contributed by atoms with E-state index >= 15 is 0 Å². The van der Waals surface area contributed by atoms with Crippen LogP contribution in [0.5, 0.6) is 0 Å². The number of benzene rings is 1. The lowest BCUT2D eigenvalue weighted by atomic mass is 10.0. The van der Waals surface area contributed by atoms with Gasteiger partial charge in [0.1, 0.15) is 19.2 Å². The molecule has 18 heavy (non-hydrogen) atoms. The normalized spacial score (nSPS) is 26.6. The van der Waals surface area contributed by atoms with Crippen molar-refractivity contribution in [2.24, 2.45) is 0 Å². The minimum Gasteiger partial charge on any atom is -1.00 e. The summed E-state index contributed by atoms with van der Waals surface area (Å²) in [5, 5.41) is 0. The number of hydrogen-bond acceptors (Lipinski definition) is 1. The Morgan fingerprint density at radius 2 is 1.67 bits per heavy atom. The molecule has 0 aliphatic carbocycles. The van der Waals surface area contributed by atoms with Crippen LogP contribution in [0, 0.1) is 0 Å². The first-order chi connectivity index (χ1) is 8.38. The molecule has 0 amide bonds. The van der Waals surface area contributed by atoms with Crippen molar-refractivity contribution in [1.82, 2.24) is 0 Å². The predicted molar refractivity (Wildman–Crippen MR) is 68.7 cm³/mol. The van der Waals surface area contributed by atoms with Gasteiger partial charge in [-0.2, -0.15) is 0 Å². The first-order valence-electron chi connectivity index (χ1n) is 6.90. The van der Waals surface area contributed by atoms with Crippen LogP contribution in [0.2, 0.25) is 0 Å². The molecule has 0 radical (unpaired) electrons. The Balaban J connectivity index is 0.00000120. The van der Waals surface area contributed by atoms with Crippen molar-refractivity contribution in [3.05, 3.63) is 35.9 Å². The molecule has 0 saturated carbocycles.